The van der Waals surface area contributed by atoms with E-state index in [4.69, 9.17) is 5.11 Å². The maximum absolute atomic E-state index is 11.3. The van der Waals surface area contributed by atoms with Gasteiger partial charge in [0.25, 0.3) is 0 Å². The largest absolute Gasteiger partial charge is 0.395 e. The average Bonchev–Trinajstić information content (AvgIpc) is 2.28. The first-order valence-electron chi connectivity index (χ1n) is 4.77. The lowest BCUT2D eigenvalue weighted by Crippen LogP contribution is -2.37. The van der Waals surface area contributed by atoms with Crippen LogP contribution in [-0.2, 0) is 9.59 Å². The molecule has 1 aromatic heterocycles. The number of rotatable bonds is 3. The molecule has 6 nitrogen and oxygen atoms in total. The summed E-state index contributed by atoms with van der Waals surface area (Å²) in [4.78, 5) is 26.4. The van der Waals surface area contributed by atoms with Crippen molar-refractivity contribution in [3.8, 4) is 0 Å². The third-order valence-electron chi connectivity index (χ3n) is 1.84. The van der Waals surface area contributed by atoms with Crippen molar-refractivity contribution in [3.05, 3.63) is 23.9 Å². The summed E-state index contributed by atoms with van der Waals surface area (Å²) in [5.74, 6) is -1.24. The van der Waals surface area contributed by atoms with Crippen LogP contribution in [0, 0.1) is 6.92 Å². The normalized spacial score (nSPS) is 9.62. The second kappa shape index (κ2) is 5.82. The van der Waals surface area contributed by atoms with E-state index < -0.39 is 11.8 Å². The number of nitrogens with zero attached hydrogens (tertiary/aromatic N) is 1. The quantitative estimate of drug-likeness (QED) is 0.599. The van der Waals surface area contributed by atoms with Crippen molar-refractivity contribution in [1.29, 1.82) is 0 Å². The Morgan fingerprint density at radius 2 is 2.19 bits per heavy atom. The first-order valence-corrected chi connectivity index (χ1v) is 4.77. The molecule has 0 aromatic carbocycles. The number of aromatic nitrogens is 1. The number of pyridine rings is 1. The summed E-state index contributed by atoms with van der Waals surface area (Å²) in [5.41, 5.74) is 0.769. The van der Waals surface area contributed by atoms with Crippen molar-refractivity contribution < 1.29 is 14.7 Å². The van der Waals surface area contributed by atoms with Gasteiger partial charge < -0.3 is 15.7 Å². The van der Waals surface area contributed by atoms with Gasteiger partial charge in [-0.05, 0) is 18.6 Å². The van der Waals surface area contributed by atoms with Gasteiger partial charge in [-0.2, -0.15) is 0 Å². The second-order valence-corrected chi connectivity index (χ2v) is 3.10. The molecule has 0 spiro atoms. The topological polar surface area (TPSA) is 91.3 Å². The van der Waals surface area contributed by atoms with Gasteiger partial charge in [-0.1, -0.05) is 6.07 Å². The molecule has 0 saturated heterocycles. The smallest absolute Gasteiger partial charge is 0.314 e. The number of hydrogen-bond acceptors (Lipinski definition) is 4. The van der Waals surface area contributed by atoms with Crippen LogP contribution in [0.3, 0.4) is 0 Å². The van der Waals surface area contributed by atoms with Crippen molar-refractivity contribution in [2.45, 2.75) is 6.92 Å². The molecule has 1 heterocycles. The predicted octanol–water partition coefficient (Wildman–Crippen LogP) is -0.563. The van der Waals surface area contributed by atoms with Crippen LogP contribution in [0.2, 0.25) is 0 Å². The number of amides is 2. The summed E-state index contributed by atoms with van der Waals surface area (Å²) in [7, 11) is 0. The van der Waals surface area contributed by atoms with E-state index in [9.17, 15) is 9.59 Å². The van der Waals surface area contributed by atoms with Gasteiger partial charge in [0.05, 0.1) is 6.61 Å². The van der Waals surface area contributed by atoms with Gasteiger partial charge in [0.15, 0.2) is 0 Å². The van der Waals surface area contributed by atoms with Gasteiger partial charge in [-0.3, -0.25) is 9.59 Å². The molecule has 0 atom stereocenters. The number of carbonyl (C=O) groups excluding carboxylic acids is 2. The van der Waals surface area contributed by atoms with Crippen molar-refractivity contribution in [2.24, 2.45) is 0 Å². The highest BCUT2D eigenvalue weighted by molar-refractivity contribution is 6.39. The standard InChI is InChI=1S/C10H13N3O3/c1-7-3-2-4-11-8(7)13-10(16)9(15)12-5-6-14/h2-4,14H,5-6H2,1H3,(H,12,15)(H,11,13,16). The van der Waals surface area contributed by atoms with E-state index in [0.717, 1.165) is 5.56 Å². The maximum Gasteiger partial charge on any atom is 0.314 e. The van der Waals surface area contributed by atoms with Crippen LogP contribution in [0.1, 0.15) is 5.56 Å². The summed E-state index contributed by atoms with van der Waals surface area (Å²) in [6, 6.07) is 3.51. The fourth-order valence-electron chi connectivity index (χ4n) is 1.03. The van der Waals surface area contributed by atoms with Gasteiger partial charge in [0, 0.05) is 12.7 Å². The third kappa shape index (κ3) is 3.32. The Labute approximate surface area is 92.7 Å². The predicted molar refractivity (Wildman–Crippen MR) is 57.7 cm³/mol. The first-order chi connectivity index (χ1) is 7.65. The Bertz CT molecular complexity index is 393. The molecule has 0 saturated carbocycles. The Morgan fingerprint density at radius 1 is 1.44 bits per heavy atom. The van der Waals surface area contributed by atoms with Gasteiger partial charge in [-0.15, -0.1) is 0 Å². The molecule has 0 aliphatic carbocycles. The lowest BCUT2D eigenvalue weighted by atomic mass is 10.3. The highest BCUT2D eigenvalue weighted by Gasteiger charge is 2.13. The number of aliphatic hydroxyl groups excluding tert-OH is 1. The summed E-state index contributed by atoms with van der Waals surface area (Å²) in [6.45, 7) is 1.61. The van der Waals surface area contributed by atoms with Crippen LogP contribution < -0.4 is 10.6 Å². The highest BCUT2D eigenvalue weighted by atomic mass is 16.3. The van der Waals surface area contributed by atoms with E-state index in [0.29, 0.717) is 5.82 Å². The summed E-state index contributed by atoms with van der Waals surface area (Å²) >= 11 is 0. The van der Waals surface area contributed by atoms with Gasteiger partial charge in [-0.25, -0.2) is 4.98 Å². The molecule has 0 aliphatic heterocycles. The first kappa shape index (κ1) is 12.1. The Morgan fingerprint density at radius 3 is 2.81 bits per heavy atom. The fourth-order valence-corrected chi connectivity index (χ4v) is 1.03. The molecule has 16 heavy (non-hydrogen) atoms. The molecule has 0 aliphatic rings. The number of hydrogen-bond donors (Lipinski definition) is 3. The van der Waals surface area contributed by atoms with Crippen LogP contribution in [0.5, 0.6) is 0 Å². The molecule has 0 fully saturated rings. The number of anilines is 1. The summed E-state index contributed by atoms with van der Waals surface area (Å²) in [5, 5.41) is 13.1. The zero-order valence-electron chi connectivity index (χ0n) is 8.86. The molecule has 3 N–H and O–H groups in total. The minimum atomic E-state index is -0.796. The molecule has 6 heteroatoms. The van der Waals surface area contributed by atoms with E-state index in [2.05, 4.69) is 15.6 Å². The van der Waals surface area contributed by atoms with Gasteiger partial charge in [0.1, 0.15) is 5.82 Å². The lowest BCUT2D eigenvalue weighted by Gasteiger charge is -2.06. The van der Waals surface area contributed by atoms with Gasteiger partial charge >= 0.3 is 11.8 Å². The number of aryl methyl sites for hydroxylation is 1. The van der Waals surface area contributed by atoms with Crippen LogP contribution in [0.15, 0.2) is 18.3 Å². The van der Waals surface area contributed by atoms with Gasteiger partial charge in [0.2, 0.25) is 0 Å². The Kier molecular flexibility index (Phi) is 4.41. The molecule has 1 aromatic rings. The van der Waals surface area contributed by atoms with Crippen LogP contribution in [-0.4, -0.2) is 35.1 Å². The van der Waals surface area contributed by atoms with Crippen molar-refractivity contribution in [2.75, 3.05) is 18.5 Å². The van der Waals surface area contributed by atoms with Crippen LogP contribution >= 0.6 is 0 Å². The summed E-state index contributed by atoms with van der Waals surface area (Å²) in [6.07, 6.45) is 1.52. The minimum absolute atomic E-state index is 0.0491. The monoisotopic (exact) mass is 223 g/mol. The zero-order chi connectivity index (χ0) is 12.0. The molecule has 0 unspecified atom stereocenters. The van der Waals surface area contributed by atoms with Crippen molar-refractivity contribution in [3.63, 3.8) is 0 Å². The summed E-state index contributed by atoms with van der Waals surface area (Å²) < 4.78 is 0. The SMILES string of the molecule is Cc1cccnc1NC(=O)C(=O)NCCO. The lowest BCUT2D eigenvalue weighted by molar-refractivity contribution is -0.136. The van der Waals surface area contributed by atoms with E-state index in [1.165, 1.54) is 6.20 Å². The Balaban J connectivity index is 2.58. The number of aliphatic hydroxyl groups is 1. The van der Waals surface area contributed by atoms with Crippen LogP contribution in [0.4, 0.5) is 5.82 Å². The minimum Gasteiger partial charge on any atom is -0.395 e. The van der Waals surface area contributed by atoms with E-state index >= 15 is 0 Å². The molecule has 86 valence electrons. The third-order valence-corrected chi connectivity index (χ3v) is 1.84. The zero-order valence-corrected chi connectivity index (χ0v) is 8.86. The number of nitrogens with one attached hydrogen (secondary N) is 2. The van der Waals surface area contributed by atoms with Crippen molar-refractivity contribution in [1.82, 2.24) is 10.3 Å². The molecule has 0 bridgehead atoms. The average molecular weight is 223 g/mol. The molecular weight excluding hydrogens is 210 g/mol. The Hall–Kier alpha value is -1.95. The van der Waals surface area contributed by atoms with E-state index in [1.54, 1.807) is 19.1 Å². The molecule has 0 radical (unpaired) electrons. The molecule has 2 amide bonds. The maximum atomic E-state index is 11.3. The molecular formula is C10H13N3O3. The van der Waals surface area contributed by atoms with E-state index in [1.807, 2.05) is 0 Å². The second-order valence-electron chi connectivity index (χ2n) is 3.10. The number of carbonyl (C=O) groups is 2. The highest BCUT2D eigenvalue weighted by Crippen LogP contribution is 2.08. The molecule has 1 rings (SSSR count). The fraction of sp³-hybridized carbons (Fsp3) is 0.300. The van der Waals surface area contributed by atoms with Crippen LogP contribution in [0.25, 0.3) is 0 Å². The van der Waals surface area contributed by atoms with Crippen molar-refractivity contribution >= 4 is 17.6 Å². The van der Waals surface area contributed by atoms with E-state index in [-0.39, 0.29) is 13.2 Å².